The van der Waals surface area contributed by atoms with Crippen LogP contribution in [0, 0.1) is 23.5 Å². The monoisotopic (exact) mass is 498 g/mol. The van der Waals surface area contributed by atoms with Crippen LogP contribution in [0.4, 0.5) is 8.78 Å². The lowest BCUT2D eigenvalue weighted by molar-refractivity contribution is 0.378. The summed E-state index contributed by atoms with van der Waals surface area (Å²) >= 11 is 0. The van der Waals surface area contributed by atoms with E-state index in [1.54, 1.807) is 6.20 Å². The van der Waals surface area contributed by atoms with Crippen molar-refractivity contribution in [3.05, 3.63) is 95.3 Å². The van der Waals surface area contributed by atoms with Crippen LogP contribution in [0.1, 0.15) is 70.3 Å². The van der Waals surface area contributed by atoms with Crippen LogP contribution in [-0.4, -0.2) is 17.2 Å². The van der Waals surface area contributed by atoms with Crippen molar-refractivity contribution in [3.8, 4) is 11.3 Å². The van der Waals surface area contributed by atoms with Gasteiger partial charge in [-0.2, -0.15) is 0 Å². The van der Waals surface area contributed by atoms with Gasteiger partial charge in [-0.15, -0.1) is 0 Å². The quantitative estimate of drug-likeness (QED) is 0.365. The molecule has 0 amide bonds. The van der Waals surface area contributed by atoms with Gasteiger partial charge in [-0.05, 0) is 89.8 Å². The van der Waals surface area contributed by atoms with E-state index >= 15 is 0 Å². The number of halogens is 2. The van der Waals surface area contributed by atoms with Crippen LogP contribution in [0.25, 0.3) is 16.8 Å². The lowest BCUT2D eigenvalue weighted by atomic mass is 9.89. The largest absolute Gasteiger partial charge is 0.289 e. The normalized spacial score (nSPS) is 24.1. The summed E-state index contributed by atoms with van der Waals surface area (Å²) < 4.78 is 28.1. The summed E-state index contributed by atoms with van der Waals surface area (Å²) in [6.07, 6.45) is 25.9. The molecule has 4 heteroatoms. The third kappa shape index (κ3) is 6.41. The minimum atomic E-state index is -0.481. The minimum absolute atomic E-state index is 0.172. The predicted octanol–water partition coefficient (Wildman–Crippen LogP) is 9.06. The Morgan fingerprint density at radius 3 is 2.62 bits per heavy atom. The van der Waals surface area contributed by atoms with E-state index in [2.05, 4.69) is 48.5 Å². The third-order valence-corrected chi connectivity index (χ3v) is 8.14. The number of pyridine rings is 1. The molecule has 3 atom stereocenters. The van der Waals surface area contributed by atoms with Crippen molar-refractivity contribution >= 4 is 11.8 Å². The van der Waals surface area contributed by atoms with Crippen molar-refractivity contribution in [2.75, 3.05) is 0 Å². The van der Waals surface area contributed by atoms with Gasteiger partial charge in [0.2, 0.25) is 0 Å². The highest BCUT2D eigenvalue weighted by molar-refractivity contribution is 5.90. The van der Waals surface area contributed by atoms with Gasteiger partial charge < -0.3 is 0 Å². The summed E-state index contributed by atoms with van der Waals surface area (Å²) in [5, 5.41) is 0. The van der Waals surface area contributed by atoms with Gasteiger partial charge in [0, 0.05) is 18.0 Å². The topological polar surface area (TPSA) is 25.2 Å². The molecule has 2 nitrogen and oxygen atoms in total. The number of nitrogens with zero attached hydrogens (tertiary/aromatic N) is 2. The number of allylic oxidation sites excluding steroid dienone is 7. The molecule has 3 aliphatic rings. The molecule has 37 heavy (non-hydrogen) atoms. The van der Waals surface area contributed by atoms with E-state index in [0.717, 1.165) is 59.1 Å². The first-order chi connectivity index (χ1) is 18.1. The van der Waals surface area contributed by atoms with Crippen molar-refractivity contribution in [2.24, 2.45) is 16.8 Å². The van der Waals surface area contributed by atoms with Gasteiger partial charge in [-0.3, -0.25) is 9.98 Å². The smallest absolute Gasteiger partial charge is 0.132 e. The van der Waals surface area contributed by atoms with Crippen LogP contribution in [0.15, 0.2) is 83.0 Å². The molecule has 1 aliphatic heterocycles. The molecule has 2 aromatic rings. The van der Waals surface area contributed by atoms with E-state index in [4.69, 9.17) is 4.99 Å². The van der Waals surface area contributed by atoms with Crippen LogP contribution in [0.3, 0.4) is 0 Å². The number of dihydropyridines is 1. The second-order valence-corrected chi connectivity index (χ2v) is 10.7. The lowest BCUT2D eigenvalue weighted by Crippen LogP contribution is -2.15. The number of aliphatic imine (C=N–C) groups is 1. The van der Waals surface area contributed by atoms with Gasteiger partial charge in [0.15, 0.2) is 0 Å². The van der Waals surface area contributed by atoms with Crippen molar-refractivity contribution in [2.45, 2.75) is 70.8 Å². The van der Waals surface area contributed by atoms with Gasteiger partial charge in [0.25, 0.3) is 0 Å². The maximum Gasteiger partial charge on any atom is 0.132 e. The molecule has 0 saturated heterocycles. The predicted molar refractivity (Wildman–Crippen MR) is 149 cm³/mol. The summed E-state index contributed by atoms with van der Waals surface area (Å²) in [6, 6.07) is 7.61. The molecule has 0 bridgehead atoms. The Labute approximate surface area is 219 Å². The Bertz CT molecular complexity index is 1270. The highest BCUT2D eigenvalue weighted by Crippen LogP contribution is 2.34. The Kier molecular flexibility index (Phi) is 8.23. The highest BCUT2D eigenvalue weighted by atomic mass is 19.1. The Morgan fingerprint density at radius 1 is 0.919 bits per heavy atom. The maximum atomic E-state index is 14.4. The average molecular weight is 499 g/mol. The summed E-state index contributed by atoms with van der Waals surface area (Å²) in [5.41, 5.74) is 4.85. The molecule has 1 fully saturated rings. The van der Waals surface area contributed by atoms with E-state index in [0.29, 0.717) is 11.7 Å². The fourth-order valence-electron chi connectivity index (χ4n) is 5.89. The van der Waals surface area contributed by atoms with Gasteiger partial charge in [0.05, 0.1) is 11.7 Å². The van der Waals surface area contributed by atoms with Crippen LogP contribution in [0.5, 0.6) is 0 Å². The van der Waals surface area contributed by atoms with E-state index < -0.39 is 11.6 Å². The first kappa shape index (κ1) is 25.5. The molecule has 1 aromatic heterocycles. The zero-order valence-corrected chi connectivity index (χ0v) is 21.7. The van der Waals surface area contributed by atoms with Crippen molar-refractivity contribution < 1.29 is 8.78 Å². The number of hydrogen-bond acceptors (Lipinski definition) is 2. The number of aromatic nitrogens is 1. The standard InChI is InChI=1S/C33H36F2N2/c1-2-23-6-5-7-24(11-10-23)18-30-14-12-28(22-37-30)26-9-4-3-8-25(19-26)27-16-17-36-33(20-27)31-21-29(34)13-15-32(31)35/h4,8-9,12-13,15-17,19-24,30H,2-3,5-7,10-11,14,18H2,1H3. The van der Waals surface area contributed by atoms with E-state index in [1.807, 2.05) is 12.1 Å². The van der Waals surface area contributed by atoms with E-state index in [9.17, 15) is 8.78 Å². The molecule has 0 N–H and O–H groups in total. The molecule has 192 valence electrons. The molecule has 3 unspecified atom stereocenters. The summed E-state index contributed by atoms with van der Waals surface area (Å²) in [5.74, 6) is 0.775. The zero-order chi connectivity index (χ0) is 25.6. The van der Waals surface area contributed by atoms with Crippen LogP contribution >= 0.6 is 0 Å². The van der Waals surface area contributed by atoms with Crippen LogP contribution in [0.2, 0.25) is 0 Å². The Morgan fingerprint density at radius 2 is 1.78 bits per heavy atom. The maximum absolute atomic E-state index is 14.4. The summed E-state index contributed by atoms with van der Waals surface area (Å²) in [6.45, 7) is 2.33. The van der Waals surface area contributed by atoms with Gasteiger partial charge in [-0.1, -0.05) is 69.8 Å². The van der Waals surface area contributed by atoms with E-state index in [1.165, 1.54) is 51.0 Å². The summed E-state index contributed by atoms with van der Waals surface area (Å²) in [7, 11) is 0. The van der Waals surface area contributed by atoms with Crippen LogP contribution < -0.4 is 0 Å². The molecule has 5 rings (SSSR count). The van der Waals surface area contributed by atoms with Crippen molar-refractivity contribution in [3.63, 3.8) is 0 Å². The molecule has 1 saturated carbocycles. The fourth-order valence-corrected chi connectivity index (χ4v) is 5.89. The lowest BCUT2D eigenvalue weighted by Gasteiger charge is -2.22. The second-order valence-electron chi connectivity index (χ2n) is 10.7. The molecular formula is C33H36F2N2. The molecule has 0 radical (unpaired) electrons. The second kappa shape index (κ2) is 11.9. The molecular weight excluding hydrogens is 462 g/mol. The first-order valence-corrected chi connectivity index (χ1v) is 13.8. The van der Waals surface area contributed by atoms with Gasteiger partial charge in [-0.25, -0.2) is 8.78 Å². The van der Waals surface area contributed by atoms with Crippen molar-refractivity contribution in [1.82, 2.24) is 4.98 Å². The first-order valence-electron chi connectivity index (χ1n) is 13.8. The minimum Gasteiger partial charge on any atom is -0.289 e. The highest BCUT2D eigenvalue weighted by Gasteiger charge is 2.22. The fraction of sp³-hybridized carbons (Fsp3) is 0.394. The van der Waals surface area contributed by atoms with Gasteiger partial charge >= 0.3 is 0 Å². The molecule has 2 aliphatic carbocycles. The number of rotatable bonds is 6. The van der Waals surface area contributed by atoms with E-state index in [-0.39, 0.29) is 5.56 Å². The third-order valence-electron chi connectivity index (χ3n) is 8.14. The molecule has 0 spiro atoms. The number of benzene rings is 1. The van der Waals surface area contributed by atoms with Gasteiger partial charge in [0.1, 0.15) is 11.6 Å². The van der Waals surface area contributed by atoms with Crippen molar-refractivity contribution in [1.29, 1.82) is 0 Å². The SMILES string of the molecule is CCC1CCCC(CC2CC=C(C3=CC(c4ccnc(-c5cc(F)ccc5F)c4)=CCC=C3)C=N2)CC1. The molecule has 2 heterocycles. The average Bonchev–Trinajstić information content (AvgIpc) is 3.32. The van der Waals surface area contributed by atoms with Crippen LogP contribution in [-0.2, 0) is 0 Å². The summed E-state index contributed by atoms with van der Waals surface area (Å²) in [4.78, 5) is 9.28. The molecule has 1 aromatic carbocycles. The zero-order valence-electron chi connectivity index (χ0n) is 21.7. The Hall–Kier alpha value is -3.14. The Balaban J connectivity index is 1.29. The number of hydrogen-bond donors (Lipinski definition) is 0.